The lowest BCUT2D eigenvalue weighted by atomic mass is 10.1. The third kappa shape index (κ3) is 3.74. The first kappa shape index (κ1) is 15.2. The second kappa shape index (κ2) is 7.05. The molecule has 4 nitrogen and oxygen atoms in total. The van der Waals surface area contributed by atoms with Crippen LogP contribution in [0.2, 0.25) is 0 Å². The molecule has 3 rings (SSSR count). The fourth-order valence-corrected chi connectivity index (χ4v) is 3.23. The molecule has 22 heavy (non-hydrogen) atoms. The van der Waals surface area contributed by atoms with Crippen LogP contribution in [-0.2, 0) is 4.79 Å². The first-order chi connectivity index (χ1) is 10.8. The van der Waals surface area contributed by atoms with Gasteiger partial charge < -0.3 is 4.90 Å². The van der Waals surface area contributed by atoms with Crippen LogP contribution in [0.3, 0.4) is 0 Å². The molecule has 1 aliphatic carbocycles. The summed E-state index contributed by atoms with van der Waals surface area (Å²) >= 11 is 0. The van der Waals surface area contributed by atoms with Crippen molar-refractivity contribution in [2.24, 2.45) is 11.0 Å². The van der Waals surface area contributed by atoms with Gasteiger partial charge >= 0.3 is 0 Å². The highest BCUT2D eigenvalue weighted by atomic mass is 16.2. The van der Waals surface area contributed by atoms with Crippen molar-refractivity contribution in [3.8, 4) is 0 Å². The van der Waals surface area contributed by atoms with Crippen LogP contribution in [0, 0.1) is 5.92 Å². The van der Waals surface area contributed by atoms with E-state index >= 15 is 0 Å². The molecule has 1 heterocycles. The van der Waals surface area contributed by atoms with Crippen molar-refractivity contribution >= 4 is 11.6 Å². The molecular weight excluding hydrogens is 274 g/mol. The Bertz CT molecular complexity index is 531. The molecule has 1 aromatic rings. The maximum absolute atomic E-state index is 12.2. The standard InChI is InChI=1S/C18H25N3O/c1-2-10-21-11-8-15(9-12-21)19-20-18(22)17-13-16(17)14-6-4-3-5-7-14/h3-7,16-17H,2,8-13H2,1H3,(H,20,22)/t16-,17+/m0/s1. The van der Waals surface area contributed by atoms with E-state index in [9.17, 15) is 4.79 Å². The molecule has 2 aliphatic rings. The number of benzene rings is 1. The minimum atomic E-state index is 0.0809. The van der Waals surface area contributed by atoms with Crippen LogP contribution in [-0.4, -0.2) is 36.2 Å². The van der Waals surface area contributed by atoms with Crippen LogP contribution < -0.4 is 5.43 Å². The summed E-state index contributed by atoms with van der Waals surface area (Å²) < 4.78 is 0. The van der Waals surface area contributed by atoms with Crippen molar-refractivity contribution in [2.45, 2.75) is 38.5 Å². The first-order valence-electron chi connectivity index (χ1n) is 8.40. The molecule has 118 valence electrons. The average Bonchev–Trinajstić information content (AvgIpc) is 3.36. The minimum Gasteiger partial charge on any atom is -0.303 e. The van der Waals surface area contributed by atoms with Gasteiger partial charge in [-0.3, -0.25) is 4.79 Å². The first-order valence-corrected chi connectivity index (χ1v) is 8.40. The van der Waals surface area contributed by atoms with Crippen molar-refractivity contribution in [3.05, 3.63) is 35.9 Å². The second-order valence-corrected chi connectivity index (χ2v) is 6.36. The van der Waals surface area contributed by atoms with Crippen molar-refractivity contribution in [3.63, 3.8) is 0 Å². The lowest BCUT2D eigenvalue weighted by molar-refractivity contribution is -0.122. The summed E-state index contributed by atoms with van der Waals surface area (Å²) in [6, 6.07) is 10.3. The molecule has 2 atom stereocenters. The number of hydrazone groups is 1. The largest absolute Gasteiger partial charge is 0.303 e. The van der Waals surface area contributed by atoms with Crippen molar-refractivity contribution in [1.82, 2.24) is 10.3 Å². The fraction of sp³-hybridized carbons (Fsp3) is 0.556. The van der Waals surface area contributed by atoms with E-state index in [1.54, 1.807) is 0 Å². The van der Waals surface area contributed by atoms with Gasteiger partial charge in [-0.05, 0) is 30.9 Å². The molecular formula is C18H25N3O. The van der Waals surface area contributed by atoms with E-state index in [4.69, 9.17) is 0 Å². The van der Waals surface area contributed by atoms with E-state index in [0.717, 1.165) is 38.1 Å². The number of carbonyl (C=O) groups is 1. The van der Waals surface area contributed by atoms with Gasteiger partial charge in [-0.1, -0.05) is 37.3 Å². The topological polar surface area (TPSA) is 44.7 Å². The maximum Gasteiger partial charge on any atom is 0.243 e. The Hall–Kier alpha value is -1.68. The summed E-state index contributed by atoms with van der Waals surface area (Å²) in [7, 11) is 0. The predicted molar refractivity (Wildman–Crippen MR) is 88.8 cm³/mol. The van der Waals surface area contributed by atoms with Gasteiger partial charge in [0.05, 0.1) is 0 Å². The Kier molecular flexibility index (Phi) is 4.88. The number of carbonyl (C=O) groups excluding carboxylic acids is 1. The minimum absolute atomic E-state index is 0.0809. The predicted octanol–water partition coefficient (Wildman–Crippen LogP) is 2.77. The number of nitrogens with zero attached hydrogens (tertiary/aromatic N) is 2. The molecule has 1 saturated carbocycles. The Morgan fingerprint density at radius 3 is 2.68 bits per heavy atom. The van der Waals surface area contributed by atoms with Crippen molar-refractivity contribution < 1.29 is 4.79 Å². The summed E-state index contributed by atoms with van der Waals surface area (Å²) in [5.74, 6) is 0.567. The Morgan fingerprint density at radius 1 is 1.27 bits per heavy atom. The quantitative estimate of drug-likeness (QED) is 0.850. The number of amides is 1. The third-order valence-electron chi connectivity index (χ3n) is 4.65. The van der Waals surface area contributed by atoms with Crippen LogP contribution in [0.4, 0.5) is 0 Å². The fourth-order valence-electron chi connectivity index (χ4n) is 3.23. The number of likely N-dealkylation sites (tertiary alicyclic amines) is 1. The van der Waals surface area contributed by atoms with E-state index in [1.165, 1.54) is 18.5 Å². The molecule has 0 bridgehead atoms. The van der Waals surface area contributed by atoms with E-state index in [1.807, 2.05) is 18.2 Å². The van der Waals surface area contributed by atoms with Gasteiger partial charge in [0.15, 0.2) is 0 Å². The molecule has 2 fully saturated rings. The number of nitrogens with one attached hydrogen (secondary N) is 1. The van der Waals surface area contributed by atoms with Gasteiger partial charge in [-0.25, -0.2) is 5.43 Å². The van der Waals surface area contributed by atoms with Crippen LogP contribution in [0.25, 0.3) is 0 Å². The zero-order valence-corrected chi connectivity index (χ0v) is 13.3. The van der Waals surface area contributed by atoms with E-state index in [-0.39, 0.29) is 11.8 Å². The van der Waals surface area contributed by atoms with Crippen LogP contribution in [0.15, 0.2) is 35.4 Å². The van der Waals surface area contributed by atoms with Crippen LogP contribution in [0.5, 0.6) is 0 Å². The Balaban J connectivity index is 1.45. The van der Waals surface area contributed by atoms with Gasteiger partial charge in [0.25, 0.3) is 0 Å². The van der Waals surface area contributed by atoms with Crippen molar-refractivity contribution in [1.29, 1.82) is 0 Å². The molecule has 0 unspecified atom stereocenters. The lowest BCUT2D eigenvalue weighted by Gasteiger charge is -2.26. The zero-order valence-electron chi connectivity index (χ0n) is 13.3. The normalized spacial score (nSPS) is 24.9. The highest BCUT2D eigenvalue weighted by molar-refractivity contribution is 5.88. The van der Waals surface area contributed by atoms with Gasteiger partial charge in [-0.15, -0.1) is 0 Å². The average molecular weight is 299 g/mol. The molecule has 4 heteroatoms. The monoisotopic (exact) mass is 299 g/mol. The molecule has 1 saturated heterocycles. The van der Waals surface area contributed by atoms with Gasteiger partial charge in [0.2, 0.25) is 5.91 Å². The molecule has 0 radical (unpaired) electrons. The van der Waals surface area contributed by atoms with E-state index in [0.29, 0.717) is 5.92 Å². The highest BCUT2D eigenvalue weighted by Gasteiger charge is 2.43. The van der Waals surface area contributed by atoms with E-state index < -0.39 is 0 Å². The SMILES string of the molecule is CCCN1CCC(=NNC(=O)[C@@H]2C[C@H]2c2ccccc2)CC1. The Morgan fingerprint density at radius 2 is 2.00 bits per heavy atom. The highest BCUT2D eigenvalue weighted by Crippen LogP contribution is 2.47. The molecule has 0 aromatic heterocycles. The van der Waals surface area contributed by atoms with Gasteiger partial charge in [0.1, 0.15) is 0 Å². The lowest BCUT2D eigenvalue weighted by Crippen LogP contribution is -2.35. The number of hydrogen-bond acceptors (Lipinski definition) is 3. The van der Waals surface area contributed by atoms with Crippen LogP contribution in [0.1, 0.15) is 44.1 Å². The number of rotatable bonds is 5. The molecule has 0 spiro atoms. The third-order valence-corrected chi connectivity index (χ3v) is 4.65. The summed E-state index contributed by atoms with van der Waals surface area (Å²) in [6.45, 7) is 5.51. The molecule has 1 aliphatic heterocycles. The smallest absolute Gasteiger partial charge is 0.243 e. The summed E-state index contributed by atoms with van der Waals surface area (Å²) in [4.78, 5) is 14.6. The van der Waals surface area contributed by atoms with Gasteiger partial charge in [-0.2, -0.15) is 5.10 Å². The van der Waals surface area contributed by atoms with Crippen LogP contribution >= 0.6 is 0 Å². The molecule has 1 N–H and O–H groups in total. The zero-order chi connectivity index (χ0) is 15.4. The van der Waals surface area contributed by atoms with Gasteiger partial charge in [0, 0.05) is 37.6 Å². The molecule has 1 aromatic carbocycles. The van der Waals surface area contributed by atoms with E-state index in [2.05, 4.69) is 34.5 Å². The summed E-state index contributed by atoms with van der Waals surface area (Å²) in [5, 5.41) is 4.36. The summed E-state index contributed by atoms with van der Waals surface area (Å²) in [6.07, 6.45) is 4.11. The maximum atomic E-state index is 12.2. The summed E-state index contributed by atoms with van der Waals surface area (Å²) in [5.41, 5.74) is 5.19. The number of piperidine rings is 1. The number of hydrogen-bond donors (Lipinski definition) is 1. The molecule has 1 amide bonds. The second-order valence-electron chi connectivity index (χ2n) is 6.36. The van der Waals surface area contributed by atoms with Crippen molar-refractivity contribution in [2.75, 3.05) is 19.6 Å². The Labute approximate surface area is 132 Å².